The molecule has 0 unspecified atom stereocenters. The zero-order chi connectivity index (χ0) is 16.0. The lowest BCUT2D eigenvalue weighted by molar-refractivity contribution is 0.0734. The lowest BCUT2D eigenvalue weighted by atomic mass is 10.1. The maximum atomic E-state index is 12.8. The van der Waals surface area contributed by atoms with Crippen LogP contribution < -0.4 is 0 Å². The minimum Gasteiger partial charge on any atom is -0.334 e. The Bertz CT molecular complexity index is 914. The first kappa shape index (κ1) is 13.9. The molecule has 0 atom stereocenters. The van der Waals surface area contributed by atoms with Crippen LogP contribution >= 0.6 is 0 Å². The fraction of sp³-hybridized carbons (Fsp3) is 0.294. The number of carbonyl (C=O) groups is 1. The summed E-state index contributed by atoms with van der Waals surface area (Å²) in [6.45, 7) is 5.17. The molecule has 0 saturated carbocycles. The molecular formula is C17H17N5O. The van der Waals surface area contributed by atoms with Gasteiger partial charge in [-0.2, -0.15) is 5.10 Å². The third kappa shape index (κ3) is 2.36. The number of aryl methyl sites for hydroxylation is 2. The van der Waals surface area contributed by atoms with Gasteiger partial charge < -0.3 is 4.90 Å². The monoisotopic (exact) mass is 307 g/mol. The molecule has 2 aromatic heterocycles. The lowest BCUT2D eigenvalue weighted by Crippen LogP contribution is -2.35. The fourth-order valence-electron chi connectivity index (χ4n) is 2.94. The summed E-state index contributed by atoms with van der Waals surface area (Å²) in [5.74, 6) is 0.0266. The maximum absolute atomic E-state index is 12.8. The highest BCUT2D eigenvalue weighted by Crippen LogP contribution is 2.20. The predicted molar refractivity (Wildman–Crippen MR) is 86.0 cm³/mol. The van der Waals surface area contributed by atoms with Crippen molar-refractivity contribution in [1.29, 1.82) is 0 Å². The second-order valence-corrected chi connectivity index (χ2v) is 5.95. The number of aromatic amines is 1. The third-order valence-corrected chi connectivity index (χ3v) is 4.41. The Balaban J connectivity index is 1.66. The highest BCUT2D eigenvalue weighted by molar-refractivity contribution is 5.97. The largest absolute Gasteiger partial charge is 0.334 e. The molecule has 1 aromatic carbocycles. The van der Waals surface area contributed by atoms with Crippen LogP contribution in [0.15, 0.2) is 24.4 Å². The second-order valence-electron chi connectivity index (χ2n) is 5.95. The Kier molecular flexibility index (Phi) is 3.11. The van der Waals surface area contributed by atoms with E-state index in [1.807, 2.05) is 36.9 Å². The molecule has 0 spiro atoms. The van der Waals surface area contributed by atoms with Gasteiger partial charge in [-0.1, -0.05) is 0 Å². The van der Waals surface area contributed by atoms with Crippen molar-refractivity contribution >= 4 is 16.9 Å². The average molecular weight is 307 g/mol. The van der Waals surface area contributed by atoms with E-state index in [1.54, 1.807) is 6.20 Å². The Morgan fingerprint density at radius 2 is 1.96 bits per heavy atom. The Hall–Kier alpha value is -2.76. The van der Waals surface area contributed by atoms with Crippen LogP contribution in [0.25, 0.3) is 11.0 Å². The molecule has 23 heavy (non-hydrogen) atoms. The number of rotatable bonds is 1. The SMILES string of the molecule is Cc1nc2ccc(C(=O)N3CCc4[nH]ncc4C3)cc2nc1C. The molecule has 0 saturated heterocycles. The van der Waals surface area contributed by atoms with Crippen molar-refractivity contribution in [1.82, 2.24) is 25.1 Å². The van der Waals surface area contributed by atoms with E-state index in [2.05, 4.69) is 20.2 Å². The Morgan fingerprint density at radius 1 is 1.17 bits per heavy atom. The number of hydrogen-bond donors (Lipinski definition) is 1. The summed E-state index contributed by atoms with van der Waals surface area (Å²) in [5, 5.41) is 7.03. The lowest BCUT2D eigenvalue weighted by Gasteiger charge is -2.26. The van der Waals surface area contributed by atoms with Gasteiger partial charge in [-0.3, -0.25) is 9.89 Å². The number of hydrogen-bond acceptors (Lipinski definition) is 4. The first-order valence-corrected chi connectivity index (χ1v) is 7.67. The molecular weight excluding hydrogens is 290 g/mol. The van der Waals surface area contributed by atoms with Crippen LogP contribution in [0.2, 0.25) is 0 Å². The van der Waals surface area contributed by atoms with Crippen molar-refractivity contribution in [3.63, 3.8) is 0 Å². The topological polar surface area (TPSA) is 74.8 Å². The van der Waals surface area contributed by atoms with Gasteiger partial charge in [0.15, 0.2) is 0 Å². The van der Waals surface area contributed by atoms with E-state index in [9.17, 15) is 4.79 Å². The molecule has 1 aliphatic heterocycles. The van der Waals surface area contributed by atoms with E-state index in [1.165, 1.54) is 0 Å². The number of aromatic nitrogens is 4. The van der Waals surface area contributed by atoms with Crippen molar-refractivity contribution in [3.8, 4) is 0 Å². The number of H-pyrrole nitrogens is 1. The number of nitrogens with one attached hydrogen (secondary N) is 1. The molecule has 1 N–H and O–H groups in total. The summed E-state index contributed by atoms with van der Waals surface area (Å²) < 4.78 is 0. The first-order valence-electron chi connectivity index (χ1n) is 7.67. The quantitative estimate of drug-likeness (QED) is 0.747. The number of benzene rings is 1. The molecule has 3 aromatic rings. The van der Waals surface area contributed by atoms with Gasteiger partial charge in [-0.15, -0.1) is 0 Å². The summed E-state index contributed by atoms with van der Waals surface area (Å²) in [7, 11) is 0. The maximum Gasteiger partial charge on any atom is 0.254 e. The minimum atomic E-state index is 0.0266. The van der Waals surface area contributed by atoms with E-state index in [4.69, 9.17) is 0 Å². The number of nitrogens with zero attached hydrogens (tertiary/aromatic N) is 4. The van der Waals surface area contributed by atoms with Crippen molar-refractivity contribution in [2.24, 2.45) is 0 Å². The van der Waals surface area contributed by atoms with Gasteiger partial charge in [-0.25, -0.2) is 9.97 Å². The van der Waals surface area contributed by atoms with E-state index < -0.39 is 0 Å². The molecule has 4 rings (SSSR count). The molecule has 6 nitrogen and oxygen atoms in total. The first-order chi connectivity index (χ1) is 11.1. The van der Waals surface area contributed by atoms with E-state index in [0.717, 1.165) is 40.1 Å². The molecule has 0 aliphatic carbocycles. The van der Waals surface area contributed by atoms with Crippen LogP contribution in [0.5, 0.6) is 0 Å². The smallest absolute Gasteiger partial charge is 0.254 e. The van der Waals surface area contributed by atoms with Gasteiger partial charge in [0, 0.05) is 36.3 Å². The van der Waals surface area contributed by atoms with Gasteiger partial charge >= 0.3 is 0 Å². The van der Waals surface area contributed by atoms with E-state index in [0.29, 0.717) is 18.7 Å². The number of amides is 1. The number of fused-ring (bicyclic) bond motifs is 2. The van der Waals surface area contributed by atoms with E-state index in [-0.39, 0.29) is 5.91 Å². The van der Waals surface area contributed by atoms with Gasteiger partial charge in [0.2, 0.25) is 0 Å². The van der Waals surface area contributed by atoms with Gasteiger partial charge in [0.25, 0.3) is 5.91 Å². The summed E-state index contributed by atoms with van der Waals surface area (Å²) in [5.41, 5.74) is 6.27. The Labute approximate surface area is 133 Å². The van der Waals surface area contributed by atoms with Crippen LogP contribution in [0, 0.1) is 13.8 Å². The standard InChI is InChI=1S/C17H17N5O/c1-10-11(2)20-16-7-12(3-4-15(16)19-10)17(23)22-6-5-14-13(9-22)8-18-21-14/h3-4,7-8H,5-6,9H2,1-2H3,(H,18,21). The summed E-state index contributed by atoms with van der Waals surface area (Å²) in [6.07, 6.45) is 2.61. The molecule has 6 heteroatoms. The van der Waals surface area contributed by atoms with E-state index >= 15 is 0 Å². The molecule has 0 fully saturated rings. The van der Waals surface area contributed by atoms with Gasteiger partial charge in [-0.05, 0) is 32.0 Å². The van der Waals surface area contributed by atoms with Crippen molar-refractivity contribution in [2.45, 2.75) is 26.8 Å². The zero-order valence-corrected chi connectivity index (χ0v) is 13.1. The summed E-state index contributed by atoms with van der Waals surface area (Å²) in [4.78, 5) is 23.7. The molecule has 1 amide bonds. The summed E-state index contributed by atoms with van der Waals surface area (Å²) in [6, 6.07) is 5.54. The van der Waals surface area contributed by atoms with Crippen molar-refractivity contribution in [3.05, 3.63) is 52.6 Å². The van der Waals surface area contributed by atoms with Crippen molar-refractivity contribution < 1.29 is 4.79 Å². The van der Waals surface area contributed by atoms with Gasteiger partial charge in [0.05, 0.1) is 28.6 Å². The van der Waals surface area contributed by atoms with Crippen LogP contribution in [-0.4, -0.2) is 37.5 Å². The van der Waals surface area contributed by atoms with Gasteiger partial charge in [0.1, 0.15) is 0 Å². The van der Waals surface area contributed by atoms with Crippen LogP contribution in [0.1, 0.15) is 33.0 Å². The highest BCUT2D eigenvalue weighted by Gasteiger charge is 2.23. The molecule has 116 valence electrons. The summed E-state index contributed by atoms with van der Waals surface area (Å²) >= 11 is 0. The normalized spacial score (nSPS) is 14.1. The molecule has 3 heterocycles. The van der Waals surface area contributed by atoms with Crippen LogP contribution in [0.4, 0.5) is 0 Å². The average Bonchev–Trinajstić information content (AvgIpc) is 3.02. The van der Waals surface area contributed by atoms with Crippen LogP contribution in [-0.2, 0) is 13.0 Å². The second kappa shape index (κ2) is 5.15. The predicted octanol–water partition coefficient (Wildman–Crippen LogP) is 2.17. The number of carbonyl (C=O) groups excluding carboxylic acids is 1. The van der Waals surface area contributed by atoms with Crippen LogP contribution in [0.3, 0.4) is 0 Å². The molecule has 1 aliphatic rings. The minimum absolute atomic E-state index is 0.0266. The Morgan fingerprint density at radius 3 is 2.78 bits per heavy atom. The van der Waals surface area contributed by atoms with Crippen molar-refractivity contribution in [2.75, 3.05) is 6.54 Å². The highest BCUT2D eigenvalue weighted by atomic mass is 16.2. The molecule has 0 radical (unpaired) electrons. The zero-order valence-electron chi connectivity index (χ0n) is 13.1. The molecule has 0 bridgehead atoms. The third-order valence-electron chi connectivity index (χ3n) is 4.41. The fourth-order valence-corrected chi connectivity index (χ4v) is 2.94.